The van der Waals surface area contributed by atoms with Crippen LogP contribution in [0.25, 0.3) is 0 Å². The van der Waals surface area contributed by atoms with Crippen molar-refractivity contribution in [2.75, 3.05) is 6.54 Å². The molecule has 1 aromatic rings. The number of carbonyl (C=O) groups is 2. The molecule has 0 bridgehead atoms. The number of nitro groups is 1. The molecule has 1 aromatic heterocycles. The van der Waals surface area contributed by atoms with Crippen LogP contribution < -0.4 is 0 Å². The minimum Gasteiger partial charge on any atom is -0.481 e. The van der Waals surface area contributed by atoms with E-state index in [1.165, 1.54) is 16.8 Å². The SMILES string of the molecule is CC1CC(C(=O)O)CCN1C(=O)c1cc([N+](=O)[O-])cn1C. The van der Waals surface area contributed by atoms with Crippen molar-refractivity contribution in [3.05, 3.63) is 28.1 Å². The van der Waals surface area contributed by atoms with Crippen molar-refractivity contribution in [1.82, 2.24) is 9.47 Å². The Hall–Kier alpha value is -2.38. The van der Waals surface area contributed by atoms with Crippen molar-refractivity contribution in [2.24, 2.45) is 13.0 Å². The molecule has 21 heavy (non-hydrogen) atoms. The summed E-state index contributed by atoms with van der Waals surface area (Å²) < 4.78 is 1.43. The third kappa shape index (κ3) is 2.88. The largest absolute Gasteiger partial charge is 0.481 e. The summed E-state index contributed by atoms with van der Waals surface area (Å²) in [5.41, 5.74) is 0.108. The fraction of sp³-hybridized carbons (Fsp3) is 0.538. The average molecular weight is 295 g/mol. The molecule has 0 saturated carbocycles. The maximum atomic E-state index is 12.5. The van der Waals surface area contributed by atoms with Gasteiger partial charge in [-0.25, -0.2) is 0 Å². The monoisotopic (exact) mass is 295 g/mol. The molecule has 0 aromatic carbocycles. The molecule has 1 N–H and O–H groups in total. The Bertz CT molecular complexity index is 595. The smallest absolute Gasteiger partial charge is 0.306 e. The molecule has 1 saturated heterocycles. The molecule has 114 valence electrons. The summed E-state index contributed by atoms with van der Waals surface area (Å²) >= 11 is 0. The highest BCUT2D eigenvalue weighted by molar-refractivity contribution is 5.94. The van der Waals surface area contributed by atoms with Gasteiger partial charge >= 0.3 is 5.97 Å². The van der Waals surface area contributed by atoms with E-state index in [9.17, 15) is 19.7 Å². The summed E-state index contributed by atoms with van der Waals surface area (Å²) in [5.74, 6) is -1.59. The first-order chi connectivity index (χ1) is 9.81. The third-order valence-electron chi connectivity index (χ3n) is 3.91. The van der Waals surface area contributed by atoms with Crippen LogP contribution in [0.1, 0.15) is 30.3 Å². The number of aryl methyl sites for hydroxylation is 1. The van der Waals surface area contributed by atoms with Gasteiger partial charge in [0.25, 0.3) is 11.6 Å². The van der Waals surface area contributed by atoms with Crippen LogP contribution in [0.4, 0.5) is 5.69 Å². The summed E-state index contributed by atoms with van der Waals surface area (Å²) in [4.78, 5) is 35.3. The lowest BCUT2D eigenvalue weighted by Gasteiger charge is -2.36. The van der Waals surface area contributed by atoms with E-state index in [4.69, 9.17) is 5.11 Å². The van der Waals surface area contributed by atoms with Crippen LogP contribution in [0.2, 0.25) is 0 Å². The summed E-state index contributed by atoms with van der Waals surface area (Å²) in [6, 6.07) is 1.04. The molecule has 0 radical (unpaired) electrons. The second-order valence-electron chi connectivity index (χ2n) is 5.36. The van der Waals surface area contributed by atoms with Crippen LogP contribution >= 0.6 is 0 Å². The normalized spacial score (nSPS) is 22.1. The van der Waals surface area contributed by atoms with Crippen molar-refractivity contribution in [2.45, 2.75) is 25.8 Å². The Morgan fingerprint density at radius 2 is 2.14 bits per heavy atom. The molecule has 1 fully saturated rings. The zero-order valence-electron chi connectivity index (χ0n) is 11.9. The minimum atomic E-state index is -0.844. The molecule has 2 heterocycles. The molecule has 2 atom stereocenters. The highest BCUT2D eigenvalue weighted by Crippen LogP contribution is 2.26. The van der Waals surface area contributed by atoms with Crippen LogP contribution in [0.3, 0.4) is 0 Å². The van der Waals surface area contributed by atoms with Crippen molar-refractivity contribution < 1.29 is 19.6 Å². The first-order valence-electron chi connectivity index (χ1n) is 6.65. The number of hydrogen-bond acceptors (Lipinski definition) is 4. The summed E-state index contributed by atoms with van der Waals surface area (Å²) in [6.45, 7) is 2.14. The fourth-order valence-corrected chi connectivity index (χ4v) is 2.70. The average Bonchev–Trinajstić information content (AvgIpc) is 2.80. The first-order valence-corrected chi connectivity index (χ1v) is 6.65. The van der Waals surface area contributed by atoms with Crippen molar-refractivity contribution in [1.29, 1.82) is 0 Å². The standard InChI is InChI=1S/C13H17N3O5/c1-8-5-9(13(18)19)3-4-15(8)12(17)11-6-10(16(20)21)7-14(11)2/h6-9H,3-5H2,1-2H3,(H,18,19). The number of carboxylic acid groups (broad SMARTS) is 1. The molecule has 1 aliphatic rings. The summed E-state index contributed by atoms with van der Waals surface area (Å²) in [5, 5.41) is 19.8. The third-order valence-corrected chi connectivity index (χ3v) is 3.91. The van der Waals surface area contributed by atoms with Crippen LogP contribution in [0.5, 0.6) is 0 Å². The van der Waals surface area contributed by atoms with E-state index in [2.05, 4.69) is 0 Å². The Morgan fingerprint density at radius 3 is 2.62 bits per heavy atom. The van der Waals surface area contributed by atoms with Crippen LogP contribution in [-0.4, -0.2) is 44.0 Å². The van der Waals surface area contributed by atoms with Gasteiger partial charge in [-0.3, -0.25) is 19.7 Å². The zero-order chi connectivity index (χ0) is 15.7. The predicted molar refractivity (Wildman–Crippen MR) is 72.9 cm³/mol. The van der Waals surface area contributed by atoms with Gasteiger partial charge in [-0.2, -0.15) is 0 Å². The Kier molecular flexibility index (Phi) is 3.97. The van der Waals surface area contributed by atoms with E-state index in [0.29, 0.717) is 19.4 Å². The van der Waals surface area contributed by atoms with Gasteiger partial charge in [0.2, 0.25) is 0 Å². The second-order valence-corrected chi connectivity index (χ2v) is 5.36. The fourth-order valence-electron chi connectivity index (χ4n) is 2.70. The number of rotatable bonds is 3. The lowest BCUT2D eigenvalue weighted by molar-refractivity contribution is -0.384. The lowest BCUT2D eigenvalue weighted by atomic mass is 9.91. The molecule has 8 nitrogen and oxygen atoms in total. The molecule has 2 rings (SSSR count). The van der Waals surface area contributed by atoms with Gasteiger partial charge in [0.15, 0.2) is 0 Å². The van der Waals surface area contributed by atoms with E-state index in [1.807, 2.05) is 0 Å². The van der Waals surface area contributed by atoms with E-state index in [1.54, 1.807) is 18.9 Å². The molecule has 2 unspecified atom stereocenters. The number of likely N-dealkylation sites (tertiary alicyclic amines) is 1. The quantitative estimate of drug-likeness (QED) is 0.667. The second kappa shape index (κ2) is 5.55. The number of aromatic nitrogens is 1. The Labute approximate surface area is 121 Å². The maximum Gasteiger partial charge on any atom is 0.306 e. The number of carboxylic acids is 1. The van der Waals surface area contributed by atoms with Crippen LogP contribution in [0.15, 0.2) is 12.3 Å². The van der Waals surface area contributed by atoms with Crippen molar-refractivity contribution >= 4 is 17.6 Å². The van der Waals surface area contributed by atoms with Crippen LogP contribution in [-0.2, 0) is 11.8 Å². The molecular formula is C13H17N3O5. The van der Waals surface area contributed by atoms with E-state index in [0.717, 1.165) is 0 Å². The molecule has 8 heteroatoms. The van der Waals surface area contributed by atoms with Gasteiger partial charge in [-0.1, -0.05) is 0 Å². The number of amides is 1. The zero-order valence-corrected chi connectivity index (χ0v) is 11.9. The van der Waals surface area contributed by atoms with Gasteiger partial charge < -0.3 is 14.6 Å². The summed E-state index contributed by atoms with van der Waals surface area (Å²) in [6.07, 6.45) is 2.09. The van der Waals surface area contributed by atoms with Gasteiger partial charge in [0, 0.05) is 25.7 Å². The molecule has 0 spiro atoms. The highest BCUT2D eigenvalue weighted by Gasteiger charge is 2.34. The lowest BCUT2D eigenvalue weighted by Crippen LogP contribution is -2.46. The maximum absolute atomic E-state index is 12.5. The van der Waals surface area contributed by atoms with Crippen molar-refractivity contribution in [3.63, 3.8) is 0 Å². The number of piperidine rings is 1. The van der Waals surface area contributed by atoms with E-state index in [-0.39, 0.29) is 23.3 Å². The molecule has 0 aliphatic carbocycles. The molecule has 1 aliphatic heterocycles. The number of aliphatic carboxylic acids is 1. The van der Waals surface area contributed by atoms with Gasteiger partial charge in [0.1, 0.15) is 5.69 Å². The predicted octanol–water partition coefficient (Wildman–Crippen LogP) is 1.26. The Balaban J connectivity index is 2.17. The number of nitrogens with zero attached hydrogens (tertiary/aromatic N) is 3. The van der Waals surface area contributed by atoms with Crippen LogP contribution in [0, 0.1) is 16.0 Å². The van der Waals surface area contributed by atoms with Gasteiger partial charge in [-0.05, 0) is 19.8 Å². The van der Waals surface area contributed by atoms with Crippen molar-refractivity contribution in [3.8, 4) is 0 Å². The van der Waals surface area contributed by atoms with E-state index < -0.39 is 16.8 Å². The molecular weight excluding hydrogens is 278 g/mol. The van der Waals surface area contributed by atoms with Gasteiger partial charge in [0.05, 0.1) is 17.0 Å². The first kappa shape index (κ1) is 15.0. The minimum absolute atomic E-state index is 0.131. The highest BCUT2D eigenvalue weighted by atomic mass is 16.6. The van der Waals surface area contributed by atoms with E-state index >= 15 is 0 Å². The number of carbonyl (C=O) groups excluding carboxylic acids is 1. The molecule has 1 amide bonds. The Morgan fingerprint density at radius 1 is 1.48 bits per heavy atom. The van der Waals surface area contributed by atoms with Gasteiger partial charge in [-0.15, -0.1) is 0 Å². The number of hydrogen-bond donors (Lipinski definition) is 1. The summed E-state index contributed by atoms with van der Waals surface area (Å²) in [7, 11) is 1.58. The topological polar surface area (TPSA) is 106 Å².